The highest BCUT2D eigenvalue weighted by molar-refractivity contribution is 6.30. The number of nitrogens with zero attached hydrogens (tertiary/aromatic N) is 2. The molecule has 2 N–H and O–H groups in total. The van der Waals surface area contributed by atoms with Crippen LogP contribution in [-0.4, -0.2) is 33.0 Å². The zero-order chi connectivity index (χ0) is 25.1. The van der Waals surface area contributed by atoms with Crippen molar-refractivity contribution in [3.05, 3.63) is 94.1 Å². The van der Waals surface area contributed by atoms with Crippen LogP contribution in [0.4, 0.5) is 0 Å². The van der Waals surface area contributed by atoms with Crippen molar-refractivity contribution in [3.8, 4) is 11.3 Å². The van der Waals surface area contributed by atoms with Gasteiger partial charge in [-0.15, -0.1) is 0 Å². The van der Waals surface area contributed by atoms with Crippen molar-refractivity contribution in [2.45, 2.75) is 44.6 Å². The van der Waals surface area contributed by atoms with E-state index in [1.54, 1.807) is 12.1 Å². The first-order chi connectivity index (χ1) is 17.5. The summed E-state index contributed by atoms with van der Waals surface area (Å²) in [5.74, 6) is -0.931. The molecule has 6 nitrogen and oxygen atoms in total. The van der Waals surface area contributed by atoms with Crippen molar-refractivity contribution in [1.82, 2.24) is 15.3 Å². The first-order valence-electron chi connectivity index (χ1n) is 12.1. The number of carboxylic acid groups (broad SMARTS) is 1. The van der Waals surface area contributed by atoms with Gasteiger partial charge in [0.2, 0.25) is 0 Å². The molecule has 0 unspecified atom stereocenters. The lowest BCUT2D eigenvalue weighted by molar-refractivity contribution is -0.137. The predicted molar refractivity (Wildman–Crippen MR) is 140 cm³/mol. The van der Waals surface area contributed by atoms with E-state index in [-0.39, 0.29) is 18.4 Å². The fourth-order valence-corrected chi connectivity index (χ4v) is 4.87. The van der Waals surface area contributed by atoms with E-state index in [1.165, 1.54) is 11.1 Å². The van der Waals surface area contributed by atoms with E-state index in [2.05, 4.69) is 17.4 Å². The Balaban J connectivity index is 1.40. The van der Waals surface area contributed by atoms with Crippen LogP contribution in [0.2, 0.25) is 5.02 Å². The number of nitrogens with one attached hydrogen (secondary N) is 1. The van der Waals surface area contributed by atoms with Crippen molar-refractivity contribution in [1.29, 1.82) is 0 Å². The molecule has 1 aliphatic carbocycles. The number of carbonyl (C=O) groups excluding carboxylic acids is 1. The average Bonchev–Trinajstić information content (AvgIpc) is 3.28. The summed E-state index contributed by atoms with van der Waals surface area (Å²) in [6.45, 7) is 0. The number of aryl methyl sites for hydroxylation is 1. The van der Waals surface area contributed by atoms with Crippen molar-refractivity contribution in [3.63, 3.8) is 0 Å². The summed E-state index contributed by atoms with van der Waals surface area (Å²) in [4.78, 5) is 33.7. The number of halogens is 1. The minimum absolute atomic E-state index is 0.0776. The van der Waals surface area contributed by atoms with Gasteiger partial charge in [0.15, 0.2) is 0 Å². The third kappa shape index (κ3) is 5.39. The fourth-order valence-electron chi connectivity index (χ4n) is 4.74. The number of carboxylic acids is 1. The number of aromatic nitrogens is 2. The van der Waals surface area contributed by atoms with E-state index in [0.29, 0.717) is 40.9 Å². The lowest BCUT2D eigenvalue weighted by Crippen LogP contribution is -2.35. The number of unbranched alkanes of at least 4 members (excludes halogenated alkanes) is 1. The third-order valence-electron chi connectivity index (χ3n) is 6.56. The highest BCUT2D eigenvalue weighted by Crippen LogP contribution is 2.27. The summed E-state index contributed by atoms with van der Waals surface area (Å²) in [5, 5.41) is 12.8. The first kappa shape index (κ1) is 23.9. The molecule has 36 heavy (non-hydrogen) atoms. The Kier molecular flexibility index (Phi) is 6.96. The van der Waals surface area contributed by atoms with Gasteiger partial charge in [0.05, 0.1) is 22.4 Å². The summed E-state index contributed by atoms with van der Waals surface area (Å²) in [7, 11) is 0. The molecule has 0 spiro atoms. The van der Waals surface area contributed by atoms with Gasteiger partial charge in [-0.25, -0.2) is 9.97 Å². The molecule has 5 rings (SSSR count). The number of fused-ring (bicyclic) bond motifs is 2. The topological polar surface area (TPSA) is 92.2 Å². The Labute approximate surface area is 214 Å². The van der Waals surface area contributed by atoms with E-state index < -0.39 is 5.97 Å². The van der Waals surface area contributed by atoms with Gasteiger partial charge in [0, 0.05) is 28.6 Å². The summed E-state index contributed by atoms with van der Waals surface area (Å²) >= 11 is 6.07. The Morgan fingerprint density at radius 3 is 2.33 bits per heavy atom. The summed E-state index contributed by atoms with van der Waals surface area (Å²) in [6, 6.07) is 21.2. The second kappa shape index (κ2) is 10.5. The zero-order valence-electron chi connectivity index (χ0n) is 19.7. The van der Waals surface area contributed by atoms with Crippen molar-refractivity contribution in [2.24, 2.45) is 0 Å². The van der Waals surface area contributed by atoms with E-state index in [0.717, 1.165) is 29.8 Å². The van der Waals surface area contributed by atoms with Crippen LogP contribution in [0.5, 0.6) is 0 Å². The number of hydrogen-bond acceptors (Lipinski definition) is 4. The first-order valence-corrected chi connectivity index (χ1v) is 12.5. The molecular formula is C29H26ClN3O3. The van der Waals surface area contributed by atoms with Gasteiger partial charge in [-0.05, 0) is 73.6 Å². The maximum absolute atomic E-state index is 13.0. The molecule has 182 valence electrons. The van der Waals surface area contributed by atoms with Gasteiger partial charge in [-0.3, -0.25) is 9.59 Å². The van der Waals surface area contributed by atoms with Gasteiger partial charge < -0.3 is 10.4 Å². The van der Waals surface area contributed by atoms with Gasteiger partial charge in [-0.1, -0.05) is 48.0 Å². The van der Waals surface area contributed by atoms with E-state index in [9.17, 15) is 9.59 Å². The standard InChI is InChI=1S/C29H26ClN3O3/c30-22-12-9-18(10-13-22)28-25(7-3-4-8-27(34)35)32-26-17-21(11-14-24(26)33-28)29(36)31-23-15-19-5-1-2-6-20(19)16-23/h1-2,5-6,9-14,17,23H,3-4,7-8,15-16H2,(H,31,36)(H,34,35). The molecule has 1 heterocycles. The third-order valence-corrected chi connectivity index (χ3v) is 6.81. The summed E-state index contributed by atoms with van der Waals surface area (Å²) in [6.07, 6.45) is 3.61. The molecule has 7 heteroatoms. The summed E-state index contributed by atoms with van der Waals surface area (Å²) in [5.41, 5.74) is 6.87. The molecule has 0 radical (unpaired) electrons. The Hall–Kier alpha value is -3.77. The zero-order valence-corrected chi connectivity index (χ0v) is 20.5. The van der Waals surface area contributed by atoms with Gasteiger partial charge in [-0.2, -0.15) is 0 Å². The predicted octanol–water partition coefficient (Wildman–Crippen LogP) is 5.64. The van der Waals surface area contributed by atoms with Gasteiger partial charge in [0.1, 0.15) is 0 Å². The minimum Gasteiger partial charge on any atom is -0.481 e. The molecule has 3 aromatic carbocycles. The SMILES string of the molecule is O=C(O)CCCCc1nc2cc(C(=O)NC3Cc4ccccc4C3)ccc2nc1-c1ccc(Cl)cc1. The highest BCUT2D eigenvalue weighted by atomic mass is 35.5. The maximum atomic E-state index is 13.0. The number of aliphatic carboxylic acids is 1. The molecule has 0 bridgehead atoms. The molecular weight excluding hydrogens is 474 g/mol. The smallest absolute Gasteiger partial charge is 0.303 e. The van der Waals surface area contributed by atoms with Crippen LogP contribution in [0.25, 0.3) is 22.3 Å². The van der Waals surface area contributed by atoms with Crippen LogP contribution < -0.4 is 5.32 Å². The van der Waals surface area contributed by atoms with Crippen molar-refractivity contribution in [2.75, 3.05) is 0 Å². The summed E-state index contributed by atoms with van der Waals surface area (Å²) < 4.78 is 0. The quantitative estimate of drug-likeness (QED) is 0.306. The Morgan fingerprint density at radius 2 is 1.64 bits per heavy atom. The van der Waals surface area contributed by atoms with Crippen molar-refractivity contribution < 1.29 is 14.7 Å². The van der Waals surface area contributed by atoms with E-state index in [1.807, 2.05) is 42.5 Å². The second-order valence-electron chi connectivity index (χ2n) is 9.18. The van der Waals surface area contributed by atoms with Crippen LogP contribution in [0.1, 0.15) is 46.4 Å². The highest BCUT2D eigenvalue weighted by Gasteiger charge is 2.23. The van der Waals surface area contributed by atoms with Crippen LogP contribution in [0, 0.1) is 0 Å². The maximum Gasteiger partial charge on any atom is 0.303 e. The number of carbonyl (C=O) groups is 2. The lowest BCUT2D eigenvalue weighted by Gasteiger charge is -2.13. The van der Waals surface area contributed by atoms with E-state index in [4.69, 9.17) is 26.7 Å². The van der Waals surface area contributed by atoms with Crippen molar-refractivity contribution >= 4 is 34.5 Å². The van der Waals surface area contributed by atoms with Gasteiger partial charge >= 0.3 is 5.97 Å². The molecule has 0 aliphatic heterocycles. The molecule has 0 fully saturated rings. The molecule has 1 aromatic heterocycles. The molecule has 0 saturated carbocycles. The van der Waals surface area contributed by atoms with Crippen LogP contribution in [-0.2, 0) is 24.1 Å². The molecule has 0 saturated heterocycles. The fraction of sp³-hybridized carbons (Fsp3) is 0.241. The van der Waals surface area contributed by atoms with Crippen LogP contribution in [0.15, 0.2) is 66.7 Å². The molecule has 0 atom stereocenters. The minimum atomic E-state index is -0.807. The van der Waals surface area contributed by atoms with E-state index >= 15 is 0 Å². The molecule has 4 aromatic rings. The van der Waals surface area contributed by atoms with Crippen LogP contribution >= 0.6 is 11.6 Å². The average molecular weight is 500 g/mol. The number of amides is 1. The Bertz CT molecular complexity index is 1410. The lowest BCUT2D eigenvalue weighted by atomic mass is 10.0. The number of hydrogen-bond donors (Lipinski definition) is 2. The normalized spacial score (nSPS) is 13.0. The number of rotatable bonds is 8. The van der Waals surface area contributed by atoms with Gasteiger partial charge in [0.25, 0.3) is 5.91 Å². The number of benzene rings is 3. The largest absolute Gasteiger partial charge is 0.481 e. The monoisotopic (exact) mass is 499 g/mol. The van der Waals surface area contributed by atoms with Crippen LogP contribution in [0.3, 0.4) is 0 Å². The molecule has 1 amide bonds. The molecule has 1 aliphatic rings. The Morgan fingerprint density at radius 1 is 0.917 bits per heavy atom. The second-order valence-corrected chi connectivity index (χ2v) is 9.61.